The van der Waals surface area contributed by atoms with E-state index in [-0.39, 0.29) is 11.4 Å². The average molecular weight is 194 g/mol. The topological polar surface area (TPSA) is 70.7 Å². The molecule has 1 aromatic heterocycles. The molecule has 2 rings (SSSR count). The predicted molar refractivity (Wildman–Crippen MR) is 50.7 cm³/mol. The highest BCUT2D eigenvalue weighted by molar-refractivity contribution is 5.92. The first-order valence-electron chi connectivity index (χ1n) is 4.78. The van der Waals surface area contributed by atoms with Crippen LogP contribution in [0.1, 0.15) is 37.2 Å². The second-order valence-electron chi connectivity index (χ2n) is 4.31. The zero-order valence-electron chi connectivity index (χ0n) is 8.37. The summed E-state index contributed by atoms with van der Waals surface area (Å²) in [5, 5.41) is 12.7. The zero-order valence-corrected chi connectivity index (χ0v) is 8.37. The van der Waals surface area contributed by atoms with Crippen molar-refractivity contribution in [2.24, 2.45) is 5.92 Å². The van der Waals surface area contributed by atoms with Gasteiger partial charge in [0.25, 0.3) is 5.91 Å². The van der Waals surface area contributed by atoms with Crippen LogP contribution in [-0.2, 0) is 0 Å². The first-order chi connectivity index (χ1) is 6.59. The number of hydrogen-bond acceptors (Lipinski definition) is 3. The maximum Gasteiger partial charge on any atom is 0.273 e. The van der Waals surface area contributed by atoms with Crippen LogP contribution in [0.5, 0.6) is 0 Å². The summed E-state index contributed by atoms with van der Waals surface area (Å²) < 4.78 is 0. The van der Waals surface area contributed by atoms with Crippen molar-refractivity contribution in [3.63, 3.8) is 0 Å². The number of aromatic amines is 1. The molecule has 14 heavy (non-hydrogen) atoms. The van der Waals surface area contributed by atoms with Crippen LogP contribution in [0, 0.1) is 5.92 Å². The van der Waals surface area contributed by atoms with Crippen LogP contribution in [0.15, 0.2) is 6.20 Å². The van der Waals surface area contributed by atoms with Crippen molar-refractivity contribution in [1.29, 1.82) is 0 Å². The van der Waals surface area contributed by atoms with Gasteiger partial charge in [0.05, 0.1) is 6.20 Å². The maximum absolute atomic E-state index is 11.6. The normalized spacial score (nSPS) is 16.7. The van der Waals surface area contributed by atoms with Crippen LogP contribution in [-0.4, -0.2) is 26.9 Å². The van der Waals surface area contributed by atoms with Gasteiger partial charge in [0.15, 0.2) is 5.69 Å². The number of carbonyl (C=O) groups excluding carboxylic acids is 1. The SMILES string of the molecule is CC(C)(NC(=O)c1cn[nH]n1)C1CC1. The summed E-state index contributed by atoms with van der Waals surface area (Å²) in [6.07, 6.45) is 3.83. The fourth-order valence-corrected chi connectivity index (χ4v) is 1.57. The Hall–Kier alpha value is -1.39. The first-order valence-corrected chi connectivity index (χ1v) is 4.78. The molecule has 0 atom stereocenters. The second-order valence-corrected chi connectivity index (χ2v) is 4.31. The molecule has 0 aliphatic heterocycles. The van der Waals surface area contributed by atoms with Crippen LogP contribution < -0.4 is 5.32 Å². The molecule has 1 aromatic rings. The third-order valence-electron chi connectivity index (χ3n) is 2.68. The molecule has 0 aromatic carbocycles. The molecule has 0 saturated heterocycles. The molecular weight excluding hydrogens is 180 g/mol. The number of hydrogen-bond donors (Lipinski definition) is 2. The third kappa shape index (κ3) is 1.76. The molecule has 5 nitrogen and oxygen atoms in total. The van der Waals surface area contributed by atoms with E-state index in [2.05, 4.69) is 20.7 Å². The van der Waals surface area contributed by atoms with E-state index >= 15 is 0 Å². The number of amides is 1. The summed E-state index contributed by atoms with van der Waals surface area (Å²) in [5.41, 5.74) is 0.217. The Morgan fingerprint density at radius 3 is 2.86 bits per heavy atom. The van der Waals surface area contributed by atoms with Gasteiger partial charge in [0.2, 0.25) is 0 Å². The van der Waals surface area contributed by atoms with Gasteiger partial charge in [-0.25, -0.2) is 0 Å². The summed E-state index contributed by atoms with van der Waals surface area (Å²) in [5.74, 6) is 0.453. The summed E-state index contributed by atoms with van der Waals surface area (Å²) >= 11 is 0. The standard InChI is InChI=1S/C9H14N4O/c1-9(2,6-3-4-6)11-8(14)7-5-10-13-12-7/h5-6H,3-4H2,1-2H3,(H,11,14)(H,10,12,13). The predicted octanol–water partition coefficient (Wildman–Crippen LogP) is 0.723. The molecule has 0 spiro atoms. The van der Waals surface area contributed by atoms with Gasteiger partial charge in [-0.1, -0.05) is 0 Å². The number of nitrogens with zero attached hydrogens (tertiary/aromatic N) is 2. The Morgan fingerprint density at radius 1 is 1.64 bits per heavy atom. The first kappa shape index (κ1) is 9.18. The molecule has 1 amide bonds. The number of H-pyrrole nitrogens is 1. The van der Waals surface area contributed by atoms with E-state index in [4.69, 9.17) is 0 Å². The lowest BCUT2D eigenvalue weighted by Gasteiger charge is -2.25. The van der Waals surface area contributed by atoms with E-state index < -0.39 is 0 Å². The van der Waals surface area contributed by atoms with Gasteiger partial charge in [0, 0.05) is 5.54 Å². The van der Waals surface area contributed by atoms with Gasteiger partial charge < -0.3 is 5.32 Å². The lowest BCUT2D eigenvalue weighted by molar-refractivity contribution is 0.0898. The van der Waals surface area contributed by atoms with Crippen molar-refractivity contribution >= 4 is 5.91 Å². The van der Waals surface area contributed by atoms with Gasteiger partial charge in [-0.3, -0.25) is 4.79 Å². The Balaban J connectivity index is 2.00. The molecule has 2 N–H and O–H groups in total. The fraction of sp³-hybridized carbons (Fsp3) is 0.667. The van der Waals surface area contributed by atoms with E-state index in [0.717, 1.165) is 0 Å². The van der Waals surface area contributed by atoms with Crippen LogP contribution in [0.2, 0.25) is 0 Å². The summed E-state index contributed by atoms with van der Waals surface area (Å²) in [6, 6.07) is 0. The van der Waals surface area contributed by atoms with E-state index in [1.165, 1.54) is 19.0 Å². The van der Waals surface area contributed by atoms with E-state index in [1.54, 1.807) is 0 Å². The molecule has 1 aliphatic rings. The molecule has 0 unspecified atom stereocenters. The number of aromatic nitrogens is 3. The average Bonchev–Trinajstić information content (AvgIpc) is 2.82. The summed E-state index contributed by atoms with van der Waals surface area (Å²) in [4.78, 5) is 11.6. The van der Waals surface area contributed by atoms with Crippen LogP contribution in [0.4, 0.5) is 0 Å². The lowest BCUT2D eigenvalue weighted by Crippen LogP contribution is -2.45. The zero-order chi connectivity index (χ0) is 10.2. The van der Waals surface area contributed by atoms with E-state index in [1.807, 2.05) is 13.8 Å². The minimum atomic E-state index is -0.157. The number of nitrogens with one attached hydrogen (secondary N) is 2. The van der Waals surface area contributed by atoms with Gasteiger partial charge in [-0.15, -0.1) is 0 Å². The highest BCUT2D eigenvalue weighted by Gasteiger charge is 2.39. The van der Waals surface area contributed by atoms with Crippen molar-refractivity contribution < 1.29 is 4.79 Å². The molecule has 5 heteroatoms. The van der Waals surface area contributed by atoms with E-state index in [9.17, 15) is 4.79 Å². The second kappa shape index (κ2) is 3.08. The van der Waals surface area contributed by atoms with Crippen LogP contribution >= 0.6 is 0 Å². The Bertz CT molecular complexity index is 327. The maximum atomic E-state index is 11.6. The molecular formula is C9H14N4O. The lowest BCUT2D eigenvalue weighted by atomic mass is 9.99. The molecule has 1 heterocycles. The highest BCUT2D eigenvalue weighted by atomic mass is 16.2. The number of carbonyl (C=O) groups is 1. The minimum absolute atomic E-state index is 0.129. The fourth-order valence-electron chi connectivity index (χ4n) is 1.57. The smallest absolute Gasteiger partial charge is 0.273 e. The molecule has 76 valence electrons. The van der Waals surface area contributed by atoms with Crippen LogP contribution in [0.25, 0.3) is 0 Å². The monoisotopic (exact) mass is 194 g/mol. The van der Waals surface area contributed by atoms with E-state index in [0.29, 0.717) is 11.6 Å². The quantitative estimate of drug-likeness (QED) is 0.745. The van der Waals surface area contributed by atoms with Crippen molar-refractivity contribution in [2.75, 3.05) is 0 Å². The largest absolute Gasteiger partial charge is 0.345 e. The summed E-state index contributed by atoms with van der Waals surface area (Å²) in [6.45, 7) is 4.09. The summed E-state index contributed by atoms with van der Waals surface area (Å²) in [7, 11) is 0. The molecule has 0 bridgehead atoms. The van der Waals surface area contributed by atoms with Crippen molar-refractivity contribution in [1.82, 2.24) is 20.7 Å². The molecule has 1 fully saturated rings. The van der Waals surface area contributed by atoms with Crippen LogP contribution in [0.3, 0.4) is 0 Å². The third-order valence-corrected chi connectivity index (χ3v) is 2.68. The van der Waals surface area contributed by atoms with Crippen molar-refractivity contribution in [2.45, 2.75) is 32.2 Å². The van der Waals surface area contributed by atoms with Crippen molar-refractivity contribution in [3.05, 3.63) is 11.9 Å². The Kier molecular flexibility index (Phi) is 2.02. The van der Waals surface area contributed by atoms with Gasteiger partial charge in [-0.2, -0.15) is 15.4 Å². The molecule has 1 saturated carbocycles. The minimum Gasteiger partial charge on any atom is -0.345 e. The Labute approximate surface area is 82.3 Å². The van der Waals surface area contributed by atoms with Gasteiger partial charge >= 0.3 is 0 Å². The van der Waals surface area contributed by atoms with Gasteiger partial charge in [0.1, 0.15) is 0 Å². The van der Waals surface area contributed by atoms with Crippen molar-refractivity contribution in [3.8, 4) is 0 Å². The highest BCUT2D eigenvalue weighted by Crippen LogP contribution is 2.39. The number of rotatable bonds is 3. The van der Waals surface area contributed by atoms with Gasteiger partial charge in [-0.05, 0) is 32.6 Å². The Morgan fingerprint density at radius 2 is 2.36 bits per heavy atom. The molecule has 1 aliphatic carbocycles. The molecule has 0 radical (unpaired) electrons.